The molecule has 0 heterocycles. The Morgan fingerprint density at radius 3 is 2.56 bits per heavy atom. The van der Waals surface area contributed by atoms with E-state index in [2.05, 4.69) is 0 Å². The van der Waals surface area contributed by atoms with Crippen LogP contribution in [0.1, 0.15) is 43.7 Å². The number of hydrogen-bond acceptors (Lipinski definition) is 1. The van der Waals surface area contributed by atoms with Gasteiger partial charge in [0.15, 0.2) is 0 Å². The van der Waals surface area contributed by atoms with E-state index in [0.717, 1.165) is 18.4 Å². The summed E-state index contributed by atoms with van der Waals surface area (Å²) in [6.07, 6.45) is 6.12. The van der Waals surface area contributed by atoms with Gasteiger partial charge in [0.1, 0.15) is 5.82 Å². The molecule has 0 aromatic heterocycles. The van der Waals surface area contributed by atoms with E-state index < -0.39 is 0 Å². The molecule has 0 saturated heterocycles. The summed E-state index contributed by atoms with van der Waals surface area (Å²) in [6, 6.07) is 4.45. The first kappa shape index (κ1) is 11.9. The van der Waals surface area contributed by atoms with Gasteiger partial charge in [0.05, 0.1) is 0 Å². The molecule has 1 nitrogen and oxygen atoms in total. The molecule has 1 aromatic carbocycles. The summed E-state index contributed by atoms with van der Waals surface area (Å²) < 4.78 is 12.9. The smallest absolute Gasteiger partial charge is 0.124 e. The van der Waals surface area contributed by atoms with Crippen molar-refractivity contribution in [2.45, 2.75) is 38.1 Å². The molecule has 1 aliphatic rings. The summed E-state index contributed by atoms with van der Waals surface area (Å²) in [5, 5.41) is 0.457. The highest BCUT2D eigenvalue weighted by Crippen LogP contribution is 2.35. The van der Waals surface area contributed by atoms with Crippen molar-refractivity contribution in [1.29, 1.82) is 0 Å². The van der Waals surface area contributed by atoms with Gasteiger partial charge in [-0.05, 0) is 36.5 Å². The zero-order valence-corrected chi connectivity index (χ0v) is 10.0. The van der Waals surface area contributed by atoms with E-state index >= 15 is 0 Å². The lowest BCUT2D eigenvalue weighted by Gasteiger charge is -2.28. The summed E-state index contributed by atoms with van der Waals surface area (Å²) in [4.78, 5) is 0. The molecule has 2 rings (SSSR count). The fourth-order valence-electron chi connectivity index (χ4n) is 2.52. The van der Waals surface area contributed by atoms with E-state index in [-0.39, 0.29) is 11.9 Å². The zero-order valence-electron chi connectivity index (χ0n) is 9.26. The van der Waals surface area contributed by atoms with E-state index in [4.69, 9.17) is 17.3 Å². The van der Waals surface area contributed by atoms with Crippen molar-refractivity contribution in [3.05, 3.63) is 34.6 Å². The molecule has 1 saturated carbocycles. The molecule has 0 bridgehead atoms. The third kappa shape index (κ3) is 2.55. The Balaban J connectivity index is 2.15. The summed E-state index contributed by atoms with van der Waals surface area (Å²) in [6.45, 7) is 0. The topological polar surface area (TPSA) is 26.0 Å². The van der Waals surface area contributed by atoms with Crippen LogP contribution < -0.4 is 5.73 Å². The molecule has 0 spiro atoms. The lowest BCUT2D eigenvalue weighted by Crippen LogP contribution is -2.23. The van der Waals surface area contributed by atoms with Gasteiger partial charge in [0.25, 0.3) is 0 Å². The van der Waals surface area contributed by atoms with Gasteiger partial charge < -0.3 is 5.73 Å². The summed E-state index contributed by atoms with van der Waals surface area (Å²) >= 11 is 6.02. The summed E-state index contributed by atoms with van der Waals surface area (Å²) in [7, 11) is 0. The number of benzene rings is 1. The average Bonchev–Trinajstić information content (AvgIpc) is 2.29. The quantitative estimate of drug-likeness (QED) is 0.830. The Bertz CT molecular complexity index is 361. The van der Waals surface area contributed by atoms with Gasteiger partial charge in [-0.15, -0.1) is 0 Å². The fraction of sp³-hybridized carbons (Fsp3) is 0.538. The molecule has 0 amide bonds. The first-order chi connectivity index (χ1) is 7.68. The lowest BCUT2D eigenvalue weighted by molar-refractivity contribution is 0.308. The first-order valence-electron chi connectivity index (χ1n) is 5.89. The van der Waals surface area contributed by atoms with Gasteiger partial charge in [-0.25, -0.2) is 4.39 Å². The first-order valence-corrected chi connectivity index (χ1v) is 6.27. The number of halogens is 2. The molecule has 16 heavy (non-hydrogen) atoms. The lowest BCUT2D eigenvalue weighted by atomic mass is 9.81. The number of rotatable bonds is 2. The van der Waals surface area contributed by atoms with Gasteiger partial charge >= 0.3 is 0 Å². The standard InChI is InChI=1S/C13H17ClFN/c14-12-8-10(15)6-7-11(12)13(16)9-4-2-1-3-5-9/h6-9,13H,1-5,16H2/t13-/m1/s1. The Kier molecular flexibility index (Phi) is 3.82. The van der Waals surface area contributed by atoms with Gasteiger partial charge in [-0.2, -0.15) is 0 Å². The van der Waals surface area contributed by atoms with Crippen molar-refractivity contribution >= 4 is 11.6 Å². The van der Waals surface area contributed by atoms with E-state index in [1.165, 1.54) is 31.4 Å². The van der Waals surface area contributed by atoms with Gasteiger partial charge in [-0.3, -0.25) is 0 Å². The van der Waals surface area contributed by atoms with Crippen molar-refractivity contribution in [3.63, 3.8) is 0 Å². The minimum atomic E-state index is -0.301. The van der Waals surface area contributed by atoms with Crippen molar-refractivity contribution in [2.75, 3.05) is 0 Å². The number of nitrogens with two attached hydrogens (primary N) is 1. The normalized spacial score (nSPS) is 19.7. The second-order valence-electron chi connectivity index (χ2n) is 4.59. The van der Waals surface area contributed by atoms with Crippen molar-refractivity contribution in [2.24, 2.45) is 11.7 Å². The van der Waals surface area contributed by atoms with E-state index in [1.807, 2.05) is 0 Å². The predicted molar refractivity (Wildman–Crippen MR) is 64.9 cm³/mol. The summed E-state index contributed by atoms with van der Waals surface area (Å²) in [5.41, 5.74) is 7.10. The fourth-order valence-corrected chi connectivity index (χ4v) is 2.81. The van der Waals surface area contributed by atoms with Crippen molar-refractivity contribution in [3.8, 4) is 0 Å². The molecule has 1 aliphatic carbocycles. The molecular weight excluding hydrogens is 225 g/mol. The molecule has 1 atom stereocenters. The largest absolute Gasteiger partial charge is 0.324 e. The third-order valence-corrected chi connectivity index (χ3v) is 3.81. The van der Waals surface area contributed by atoms with E-state index in [1.54, 1.807) is 6.07 Å². The monoisotopic (exact) mass is 241 g/mol. The highest BCUT2D eigenvalue weighted by atomic mass is 35.5. The molecule has 0 unspecified atom stereocenters. The molecule has 1 fully saturated rings. The molecule has 88 valence electrons. The zero-order chi connectivity index (χ0) is 11.5. The van der Waals surface area contributed by atoms with Crippen LogP contribution in [0.15, 0.2) is 18.2 Å². The Hall–Kier alpha value is -0.600. The van der Waals surface area contributed by atoms with Crippen LogP contribution >= 0.6 is 11.6 Å². The van der Waals surface area contributed by atoms with Gasteiger partial charge in [0.2, 0.25) is 0 Å². The second-order valence-corrected chi connectivity index (χ2v) is 5.00. The van der Waals surface area contributed by atoms with Crippen LogP contribution in [0, 0.1) is 11.7 Å². The highest BCUT2D eigenvalue weighted by Gasteiger charge is 2.23. The average molecular weight is 242 g/mol. The molecule has 0 aliphatic heterocycles. The highest BCUT2D eigenvalue weighted by molar-refractivity contribution is 6.31. The molecule has 0 radical (unpaired) electrons. The van der Waals surface area contributed by atoms with Crippen LogP contribution in [0.4, 0.5) is 4.39 Å². The maximum Gasteiger partial charge on any atom is 0.124 e. The molecule has 3 heteroatoms. The van der Waals surface area contributed by atoms with Crippen LogP contribution in [-0.2, 0) is 0 Å². The molecule has 1 aromatic rings. The van der Waals surface area contributed by atoms with Crippen LogP contribution in [-0.4, -0.2) is 0 Å². The minimum absolute atomic E-state index is 0.0478. The van der Waals surface area contributed by atoms with E-state index in [0.29, 0.717) is 10.9 Å². The second kappa shape index (κ2) is 5.15. The Morgan fingerprint density at radius 2 is 1.94 bits per heavy atom. The van der Waals surface area contributed by atoms with Crippen LogP contribution in [0.2, 0.25) is 5.02 Å². The van der Waals surface area contributed by atoms with Crippen molar-refractivity contribution < 1.29 is 4.39 Å². The molecular formula is C13H17ClFN. The van der Waals surface area contributed by atoms with Crippen LogP contribution in [0.3, 0.4) is 0 Å². The van der Waals surface area contributed by atoms with Gasteiger partial charge in [-0.1, -0.05) is 36.9 Å². The van der Waals surface area contributed by atoms with Crippen molar-refractivity contribution in [1.82, 2.24) is 0 Å². The Labute approximate surface area is 101 Å². The van der Waals surface area contributed by atoms with Crippen LogP contribution in [0.25, 0.3) is 0 Å². The minimum Gasteiger partial charge on any atom is -0.324 e. The Morgan fingerprint density at radius 1 is 1.25 bits per heavy atom. The predicted octanol–water partition coefficient (Wildman–Crippen LogP) is 4.06. The maximum atomic E-state index is 12.9. The SMILES string of the molecule is N[C@@H](c1ccc(F)cc1Cl)C1CCCCC1. The third-order valence-electron chi connectivity index (χ3n) is 3.48. The number of hydrogen-bond donors (Lipinski definition) is 1. The van der Waals surface area contributed by atoms with Gasteiger partial charge in [0, 0.05) is 11.1 Å². The maximum absolute atomic E-state index is 12.9. The molecule has 2 N–H and O–H groups in total. The van der Waals surface area contributed by atoms with E-state index in [9.17, 15) is 4.39 Å². The van der Waals surface area contributed by atoms with Crippen LogP contribution in [0.5, 0.6) is 0 Å². The summed E-state index contributed by atoms with van der Waals surface area (Å²) in [5.74, 6) is 0.196.